The Kier molecular flexibility index (Phi) is 3.05. The van der Waals surface area contributed by atoms with Crippen molar-refractivity contribution in [2.24, 2.45) is 0 Å². The van der Waals surface area contributed by atoms with Crippen LogP contribution in [0.4, 0.5) is 8.78 Å². The Bertz CT molecular complexity index is 188. The van der Waals surface area contributed by atoms with Crippen molar-refractivity contribution in [3.05, 3.63) is 0 Å². The largest absolute Gasteiger partial charge is 0.306 e. The number of halogens is 2. The lowest BCUT2D eigenvalue weighted by Crippen LogP contribution is -2.46. The maximum Gasteiger partial charge on any atom is 0.263 e. The summed E-state index contributed by atoms with van der Waals surface area (Å²) in [6.45, 7) is 0. The fraction of sp³-hybridized carbons (Fsp3) is 1.00. The first kappa shape index (κ1) is 10.3. The molecule has 1 N–H and O–H groups in total. The van der Waals surface area contributed by atoms with Crippen LogP contribution in [-0.2, 0) is 0 Å². The van der Waals surface area contributed by atoms with Crippen molar-refractivity contribution in [3.8, 4) is 0 Å². The van der Waals surface area contributed by atoms with Gasteiger partial charge in [0.15, 0.2) is 0 Å². The van der Waals surface area contributed by atoms with Gasteiger partial charge in [-0.15, -0.1) is 0 Å². The average molecular weight is 203 g/mol. The minimum atomic E-state index is -2.45. The molecule has 0 aromatic rings. The summed E-state index contributed by atoms with van der Waals surface area (Å²) in [5, 5.41) is 3.16. The molecule has 14 heavy (non-hydrogen) atoms. The lowest BCUT2D eigenvalue weighted by Gasteiger charge is -2.29. The molecule has 0 spiro atoms. The highest BCUT2D eigenvalue weighted by molar-refractivity contribution is 4.92. The second-order valence-corrected chi connectivity index (χ2v) is 4.71. The zero-order valence-corrected chi connectivity index (χ0v) is 8.57. The van der Waals surface area contributed by atoms with Gasteiger partial charge in [0.25, 0.3) is 5.92 Å². The standard InChI is InChI=1S/C11H19F2N/c12-11(13)8-4-7-10(11)14-9-5-2-1-3-6-9/h9-10,14H,1-8H2. The van der Waals surface area contributed by atoms with Gasteiger partial charge in [-0.3, -0.25) is 0 Å². The fourth-order valence-electron chi connectivity index (χ4n) is 2.69. The molecule has 0 aliphatic heterocycles. The summed E-state index contributed by atoms with van der Waals surface area (Å²) in [6, 6.07) is -0.177. The van der Waals surface area contributed by atoms with Gasteiger partial charge >= 0.3 is 0 Å². The van der Waals surface area contributed by atoms with Crippen molar-refractivity contribution in [1.82, 2.24) is 5.32 Å². The van der Waals surface area contributed by atoms with E-state index >= 15 is 0 Å². The molecule has 2 aliphatic rings. The summed E-state index contributed by atoms with van der Waals surface area (Å²) in [4.78, 5) is 0. The highest BCUT2D eigenvalue weighted by Crippen LogP contribution is 2.36. The van der Waals surface area contributed by atoms with E-state index in [1.165, 1.54) is 19.3 Å². The number of hydrogen-bond donors (Lipinski definition) is 1. The van der Waals surface area contributed by atoms with Crippen molar-refractivity contribution in [1.29, 1.82) is 0 Å². The Balaban J connectivity index is 1.83. The van der Waals surface area contributed by atoms with Crippen LogP contribution in [0.1, 0.15) is 51.4 Å². The Morgan fingerprint density at radius 3 is 2.21 bits per heavy atom. The maximum absolute atomic E-state index is 13.3. The molecule has 3 heteroatoms. The first-order valence-electron chi connectivity index (χ1n) is 5.82. The van der Waals surface area contributed by atoms with Crippen LogP contribution in [0, 0.1) is 0 Å². The minimum absolute atomic E-state index is 0.0807. The topological polar surface area (TPSA) is 12.0 Å². The molecule has 2 aliphatic carbocycles. The fourth-order valence-corrected chi connectivity index (χ4v) is 2.69. The van der Waals surface area contributed by atoms with E-state index in [4.69, 9.17) is 0 Å². The van der Waals surface area contributed by atoms with E-state index in [1.54, 1.807) is 0 Å². The van der Waals surface area contributed by atoms with Crippen molar-refractivity contribution < 1.29 is 8.78 Å². The molecule has 1 nitrogen and oxygen atoms in total. The van der Waals surface area contributed by atoms with E-state index in [2.05, 4.69) is 5.32 Å². The zero-order chi connectivity index (χ0) is 10.0. The highest BCUT2D eigenvalue weighted by Gasteiger charge is 2.44. The summed E-state index contributed by atoms with van der Waals surface area (Å²) < 4.78 is 26.6. The summed E-state index contributed by atoms with van der Waals surface area (Å²) in [5.41, 5.74) is 0. The molecule has 2 rings (SSSR count). The third-order valence-electron chi connectivity index (χ3n) is 3.55. The third-order valence-corrected chi connectivity index (χ3v) is 3.55. The summed E-state index contributed by atoms with van der Waals surface area (Å²) in [7, 11) is 0. The number of nitrogens with one attached hydrogen (secondary N) is 1. The van der Waals surface area contributed by atoms with Gasteiger partial charge in [-0.25, -0.2) is 8.78 Å². The van der Waals surface area contributed by atoms with Crippen LogP contribution in [0.15, 0.2) is 0 Å². The highest BCUT2D eigenvalue weighted by atomic mass is 19.3. The molecule has 0 aromatic heterocycles. The minimum Gasteiger partial charge on any atom is -0.306 e. The Morgan fingerprint density at radius 2 is 1.64 bits per heavy atom. The van der Waals surface area contributed by atoms with Crippen LogP contribution < -0.4 is 5.32 Å². The molecule has 0 bridgehead atoms. The summed E-state index contributed by atoms with van der Waals surface area (Å²) >= 11 is 0. The Morgan fingerprint density at radius 1 is 0.929 bits per heavy atom. The second kappa shape index (κ2) is 4.13. The molecule has 0 heterocycles. The van der Waals surface area contributed by atoms with Crippen LogP contribution in [0.3, 0.4) is 0 Å². The third kappa shape index (κ3) is 2.25. The predicted octanol–water partition coefficient (Wildman–Crippen LogP) is 3.10. The van der Waals surface area contributed by atoms with Crippen LogP contribution >= 0.6 is 0 Å². The molecule has 1 unspecified atom stereocenters. The number of alkyl halides is 2. The van der Waals surface area contributed by atoms with E-state index in [9.17, 15) is 8.78 Å². The molecule has 82 valence electrons. The number of hydrogen-bond acceptors (Lipinski definition) is 1. The van der Waals surface area contributed by atoms with Gasteiger partial charge in [0.05, 0.1) is 6.04 Å². The molecule has 0 saturated heterocycles. The number of rotatable bonds is 2. The first-order valence-corrected chi connectivity index (χ1v) is 5.82. The van der Waals surface area contributed by atoms with Gasteiger partial charge < -0.3 is 5.32 Å². The molecule has 0 amide bonds. The molecule has 1 atom stereocenters. The van der Waals surface area contributed by atoms with Gasteiger partial charge in [0.2, 0.25) is 0 Å². The van der Waals surface area contributed by atoms with Crippen molar-refractivity contribution in [2.45, 2.75) is 69.4 Å². The lowest BCUT2D eigenvalue weighted by atomic mass is 9.94. The van der Waals surface area contributed by atoms with E-state index in [1.807, 2.05) is 0 Å². The summed E-state index contributed by atoms with van der Waals surface area (Å²) in [5.74, 6) is -2.45. The van der Waals surface area contributed by atoms with Gasteiger partial charge in [0.1, 0.15) is 0 Å². The monoisotopic (exact) mass is 203 g/mol. The normalized spacial score (nSPS) is 33.4. The Hall–Kier alpha value is -0.180. The van der Waals surface area contributed by atoms with E-state index in [0.717, 1.165) is 12.8 Å². The van der Waals surface area contributed by atoms with Crippen LogP contribution in [-0.4, -0.2) is 18.0 Å². The molecular formula is C11H19F2N. The molecular weight excluding hydrogens is 184 g/mol. The van der Waals surface area contributed by atoms with Gasteiger partial charge in [-0.05, 0) is 25.7 Å². The maximum atomic E-state index is 13.3. The summed E-state index contributed by atoms with van der Waals surface area (Å²) in [6.07, 6.45) is 7.28. The average Bonchev–Trinajstić information content (AvgIpc) is 2.48. The van der Waals surface area contributed by atoms with Crippen molar-refractivity contribution >= 4 is 0 Å². The van der Waals surface area contributed by atoms with Gasteiger partial charge in [0, 0.05) is 12.5 Å². The lowest BCUT2D eigenvalue weighted by molar-refractivity contribution is -0.0223. The predicted molar refractivity (Wildman–Crippen MR) is 52.6 cm³/mol. The van der Waals surface area contributed by atoms with Crippen molar-refractivity contribution in [3.63, 3.8) is 0 Å². The van der Waals surface area contributed by atoms with Gasteiger partial charge in [-0.2, -0.15) is 0 Å². The molecule has 2 saturated carbocycles. The van der Waals surface area contributed by atoms with E-state index in [0.29, 0.717) is 18.9 Å². The second-order valence-electron chi connectivity index (χ2n) is 4.71. The van der Waals surface area contributed by atoms with Crippen LogP contribution in [0.5, 0.6) is 0 Å². The molecule has 0 radical (unpaired) electrons. The van der Waals surface area contributed by atoms with Crippen LogP contribution in [0.25, 0.3) is 0 Å². The zero-order valence-electron chi connectivity index (χ0n) is 8.57. The van der Waals surface area contributed by atoms with E-state index in [-0.39, 0.29) is 6.42 Å². The smallest absolute Gasteiger partial charge is 0.263 e. The quantitative estimate of drug-likeness (QED) is 0.727. The van der Waals surface area contributed by atoms with E-state index < -0.39 is 12.0 Å². The van der Waals surface area contributed by atoms with Crippen molar-refractivity contribution in [2.75, 3.05) is 0 Å². The van der Waals surface area contributed by atoms with Crippen LogP contribution in [0.2, 0.25) is 0 Å². The first-order chi connectivity index (χ1) is 6.68. The SMILES string of the molecule is FC1(F)CCCC1NC1CCCCC1. The molecule has 0 aromatic carbocycles. The molecule has 2 fully saturated rings. The Labute approximate surface area is 84.3 Å². The van der Waals surface area contributed by atoms with Gasteiger partial charge in [-0.1, -0.05) is 19.3 Å².